The molecule has 1 amide bonds. The van der Waals surface area contributed by atoms with E-state index in [9.17, 15) is 19.5 Å². The molecule has 174 valence electrons. The van der Waals surface area contributed by atoms with Crippen molar-refractivity contribution < 1.29 is 24.2 Å². The summed E-state index contributed by atoms with van der Waals surface area (Å²) >= 11 is 3.21. The molecule has 0 saturated carbocycles. The van der Waals surface area contributed by atoms with Crippen LogP contribution in [0.5, 0.6) is 0 Å². The van der Waals surface area contributed by atoms with Crippen LogP contribution in [-0.2, 0) is 19.1 Å². The second-order valence-electron chi connectivity index (χ2n) is 7.47. The van der Waals surface area contributed by atoms with E-state index in [1.807, 2.05) is 17.5 Å². The lowest BCUT2D eigenvalue weighted by Crippen LogP contribution is -2.53. The molecule has 1 aromatic heterocycles. The van der Waals surface area contributed by atoms with Crippen LogP contribution in [0.4, 0.5) is 0 Å². The molecule has 10 heteroatoms. The molecule has 0 radical (unpaired) electrons. The summed E-state index contributed by atoms with van der Waals surface area (Å²) in [5.74, 6) is -1.25. The van der Waals surface area contributed by atoms with Gasteiger partial charge in [0.2, 0.25) is 5.91 Å². The molecule has 1 aliphatic rings. The molecule has 2 heterocycles. The molecule has 0 spiro atoms. The molecule has 2 unspecified atom stereocenters. The fourth-order valence-corrected chi connectivity index (χ4v) is 5.78. The molecule has 31 heavy (non-hydrogen) atoms. The number of carbonyl (C=O) groups excluding carboxylic acids is 2. The van der Waals surface area contributed by atoms with Gasteiger partial charge in [0.1, 0.15) is 12.6 Å². The van der Waals surface area contributed by atoms with E-state index >= 15 is 0 Å². The lowest BCUT2D eigenvalue weighted by Gasteiger charge is -2.26. The van der Waals surface area contributed by atoms with Gasteiger partial charge in [0.15, 0.2) is 0 Å². The molecule has 1 aliphatic heterocycles. The summed E-state index contributed by atoms with van der Waals surface area (Å²) in [4.78, 5) is 39.5. The van der Waals surface area contributed by atoms with Crippen LogP contribution in [0.2, 0.25) is 0 Å². The zero-order valence-electron chi connectivity index (χ0n) is 18.0. The highest BCUT2D eigenvalue weighted by Crippen LogP contribution is 2.35. The van der Waals surface area contributed by atoms with Crippen molar-refractivity contribution >= 4 is 40.9 Å². The Morgan fingerprint density at radius 3 is 2.77 bits per heavy atom. The molecule has 2 rings (SSSR count). The molecule has 0 aliphatic carbocycles. The number of carboxylic acid groups (broad SMARTS) is 1. The van der Waals surface area contributed by atoms with E-state index in [1.54, 1.807) is 30.0 Å². The van der Waals surface area contributed by atoms with Crippen LogP contribution in [0, 0.1) is 0 Å². The molecule has 1 fully saturated rings. The van der Waals surface area contributed by atoms with Gasteiger partial charge in [-0.15, -0.1) is 23.1 Å². The third kappa shape index (κ3) is 8.44. The van der Waals surface area contributed by atoms with Crippen LogP contribution in [0.3, 0.4) is 0 Å². The van der Waals surface area contributed by atoms with Crippen molar-refractivity contribution in [2.75, 3.05) is 32.0 Å². The molecule has 8 nitrogen and oxygen atoms in total. The van der Waals surface area contributed by atoms with E-state index in [0.717, 1.165) is 30.6 Å². The molecular formula is C21H33N3O5S2. The number of thioether (sulfide) groups is 1. The fourth-order valence-electron chi connectivity index (χ4n) is 3.52. The monoisotopic (exact) mass is 471 g/mol. The number of nitrogens with one attached hydrogen (secondary N) is 1. The number of nitrogens with two attached hydrogens (primary N) is 1. The van der Waals surface area contributed by atoms with Crippen LogP contribution >= 0.6 is 23.1 Å². The second kappa shape index (κ2) is 13.7. The quantitative estimate of drug-likeness (QED) is 0.296. The number of amides is 1. The predicted octanol–water partition coefficient (Wildman–Crippen LogP) is 2.25. The van der Waals surface area contributed by atoms with Gasteiger partial charge in [-0.2, -0.15) is 0 Å². The number of esters is 1. The van der Waals surface area contributed by atoms with E-state index in [0.29, 0.717) is 25.3 Å². The molecule has 3 atom stereocenters. The first-order chi connectivity index (χ1) is 15.0. The number of carbonyl (C=O) groups is 3. The highest BCUT2D eigenvalue weighted by Gasteiger charge is 2.35. The van der Waals surface area contributed by atoms with Crippen molar-refractivity contribution in [2.24, 2.45) is 5.73 Å². The standard InChI is InChI=1S/C21H33N3O5S2/c1-2-29-21(28)15(8-5-3-4-6-10-22)23-16-14-31-18(17-9-7-11-30-17)12-24(20(16)27)13-19(25)26/h7,9,11,15-16,18,23H,2-6,8,10,12-14,22H2,1H3,(H,25,26)/t15-,16?,18?/m0/s1. The lowest BCUT2D eigenvalue weighted by atomic mass is 10.1. The normalized spacial score (nSPS) is 20.3. The van der Waals surface area contributed by atoms with Crippen molar-refractivity contribution in [2.45, 2.75) is 56.4 Å². The number of unbranched alkanes of at least 4 members (excludes halogenated alkanes) is 3. The Morgan fingerprint density at radius 2 is 2.13 bits per heavy atom. The molecule has 0 bridgehead atoms. The maximum atomic E-state index is 13.2. The van der Waals surface area contributed by atoms with Gasteiger partial charge in [-0.25, -0.2) is 0 Å². The van der Waals surface area contributed by atoms with E-state index in [4.69, 9.17) is 10.5 Å². The highest BCUT2D eigenvalue weighted by molar-refractivity contribution is 7.99. The number of thiophene rings is 1. The van der Waals surface area contributed by atoms with Crippen molar-refractivity contribution in [1.29, 1.82) is 0 Å². The highest BCUT2D eigenvalue weighted by atomic mass is 32.2. The molecular weight excluding hydrogens is 438 g/mol. The number of ether oxygens (including phenoxy) is 1. The van der Waals surface area contributed by atoms with Gasteiger partial charge in [-0.1, -0.05) is 25.3 Å². The Kier molecular flexibility index (Phi) is 11.3. The summed E-state index contributed by atoms with van der Waals surface area (Å²) in [6, 6.07) is 2.71. The van der Waals surface area contributed by atoms with E-state index in [-0.39, 0.29) is 30.3 Å². The fraction of sp³-hybridized carbons (Fsp3) is 0.667. The molecule has 4 N–H and O–H groups in total. The summed E-state index contributed by atoms with van der Waals surface area (Å²) in [5.41, 5.74) is 5.53. The second-order valence-corrected chi connectivity index (χ2v) is 9.68. The van der Waals surface area contributed by atoms with Gasteiger partial charge in [-0.05, 0) is 37.8 Å². The number of hydrogen-bond donors (Lipinski definition) is 3. The van der Waals surface area contributed by atoms with Gasteiger partial charge in [0, 0.05) is 17.2 Å². The van der Waals surface area contributed by atoms with Crippen molar-refractivity contribution in [1.82, 2.24) is 10.2 Å². The number of hydrogen-bond acceptors (Lipinski definition) is 8. The minimum Gasteiger partial charge on any atom is -0.480 e. The first-order valence-electron chi connectivity index (χ1n) is 10.7. The third-order valence-electron chi connectivity index (χ3n) is 5.07. The van der Waals surface area contributed by atoms with Gasteiger partial charge in [-0.3, -0.25) is 19.7 Å². The van der Waals surface area contributed by atoms with Gasteiger partial charge >= 0.3 is 11.9 Å². The Bertz CT molecular complexity index is 701. The summed E-state index contributed by atoms with van der Waals surface area (Å²) in [6.45, 7) is 2.64. The number of carboxylic acids is 1. The average molecular weight is 472 g/mol. The molecule has 1 saturated heterocycles. The van der Waals surface area contributed by atoms with Gasteiger partial charge < -0.3 is 20.5 Å². The maximum Gasteiger partial charge on any atom is 0.323 e. The zero-order valence-corrected chi connectivity index (χ0v) is 19.6. The Balaban J connectivity index is 2.10. The van der Waals surface area contributed by atoms with Crippen LogP contribution in [-0.4, -0.2) is 71.9 Å². The Labute approximate surface area is 191 Å². The van der Waals surface area contributed by atoms with Crippen LogP contribution < -0.4 is 11.1 Å². The van der Waals surface area contributed by atoms with E-state index < -0.39 is 18.1 Å². The van der Waals surface area contributed by atoms with Crippen LogP contribution in [0.1, 0.15) is 49.2 Å². The summed E-state index contributed by atoms with van der Waals surface area (Å²) in [5, 5.41) is 14.5. The molecule has 0 aromatic carbocycles. The van der Waals surface area contributed by atoms with Gasteiger partial charge in [0.25, 0.3) is 0 Å². The number of rotatable bonds is 13. The Hall–Kier alpha value is -1.62. The number of nitrogens with zero attached hydrogens (tertiary/aromatic N) is 1. The van der Waals surface area contributed by atoms with Crippen molar-refractivity contribution in [3.8, 4) is 0 Å². The number of aliphatic carboxylic acids is 1. The topological polar surface area (TPSA) is 122 Å². The first kappa shape index (κ1) is 25.6. The van der Waals surface area contributed by atoms with Crippen LogP contribution in [0.25, 0.3) is 0 Å². The summed E-state index contributed by atoms with van der Waals surface area (Å²) in [7, 11) is 0. The molecule has 1 aromatic rings. The van der Waals surface area contributed by atoms with E-state index in [1.165, 1.54) is 4.90 Å². The predicted molar refractivity (Wildman–Crippen MR) is 123 cm³/mol. The lowest BCUT2D eigenvalue weighted by molar-refractivity contribution is -0.148. The van der Waals surface area contributed by atoms with Crippen LogP contribution in [0.15, 0.2) is 17.5 Å². The largest absolute Gasteiger partial charge is 0.480 e. The SMILES string of the molecule is CCOC(=O)[C@H](CCCCCCN)NC1CSC(c2cccs2)CN(CC(=O)O)C1=O. The maximum absolute atomic E-state index is 13.2. The van der Waals surface area contributed by atoms with E-state index in [2.05, 4.69) is 5.32 Å². The Morgan fingerprint density at radius 1 is 1.35 bits per heavy atom. The smallest absolute Gasteiger partial charge is 0.323 e. The first-order valence-corrected chi connectivity index (χ1v) is 12.7. The summed E-state index contributed by atoms with van der Waals surface area (Å²) < 4.78 is 5.22. The third-order valence-corrected chi connectivity index (χ3v) is 7.53. The van der Waals surface area contributed by atoms with Gasteiger partial charge in [0.05, 0.1) is 17.9 Å². The van der Waals surface area contributed by atoms with Crippen molar-refractivity contribution in [3.63, 3.8) is 0 Å². The van der Waals surface area contributed by atoms with Crippen molar-refractivity contribution in [3.05, 3.63) is 22.4 Å². The summed E-state index contributed by atoms with van der Waals surface area (Å²) in [6.07, 6.45) is 4.28. The zero-order chi connectivity index (χ0) is 22.6. The average Bonchev–Trinajstić information content (AvgIpc) is 3.22. The minimum atomic E-state index is -1.05. The minimum absolute atomic E-state index is 0.00686.